The van der Waals surface area contributed by atoms with Crippen molar-refractivity contribution < 1.29 is 0 Å². The summed E-state index contributed by atoms with van der Waals surface area (Å²) in [6.07, 6.45) is 0. The zero-order chi connectivity index (χ0) is 83.9. The number of fused-ring (bicyclic) bond motifs is 14. The quantitative estimate of drug-likeness (QED) is 0.156. The highest BCUT2D eigenvalue weighted by atomic mass is 15.2. The molecule has 0 saturated carbocycles. The lowest BCUT2D eigenvalue weighted by atomic mass is 9.33. The van der Waals surface area contributed by atoms with Crippen molar-refractivity contribution in [1.82, 2.24) is 28.2 Å². The van der Waals surface area contributed by atoms with Crippen LogP contribution >= 0.6 is 0 Å². The lowest BCUT2D eigenvalue weighted by Crippen LogP contribution is -2.60. The van der Waals surface area contributed by atoms with Crippen LogP contribution in [0.1, 0.15) is 159 Å². The van der Waals surface area contributed by atoms with Crippen LogP contribution in [0.15, 0.2) is 267 Å². The number of imidazole rings is 2. The summed E-state index contributed by atoms with van der Waals surface area (Å²) in [5.41, 5.74) is 44.2. The summed E-state index contributed by atoms with van der Waals surface area (Å²) in [5.74, 6) is 2.03. The van der Waals surface area contributed by atoms with E-state index < -0.39 is 0 Å². The first kappa shape index (κ1) is 75.8. The van der Waals surface area contributed by atoms with Crippen LogP contribution in [0.2, 0.25) is 0 Å². The number of aryl methyl sites for hydroxylation is 5. The topological polar surface area (TPSA) is 52.0 Å². The number of rotatable bonds is 6. The Balaban J connectivity index is 0.000000150. The molecular weight excluding hydrogens is 1470 g/mol. The summed E-state index contributed by atoms with van der Waals surface area (Å²) in [6.45, 7) is 45.9. The molecule has 14 aromatic carbocycles. The molecule has 4 aliphatic rings. The highest BCUT2D eigenvalue weighted by molar-refractivity contribution is 7.01. The minimum absolute atomic E-state index is 0.00714. The van der Waals surface area contributed by atoms with Crippen LogP contribution in [0, 0.1) is 34.6 Å². The number of para-hydroxylation sites is 4. The van der Waals surface area contributed by atoms with Crippen molar-refractivity contribution in [3.05, 3.63) is 323 Å². The lowest BCUT2D eigenvalue weighted by molar-refractivity contribution is 0.589. The Morgan fingerprint density at radius 3 is 0.909 bits per heavy atom. The van der Waals surface area contributed by atoms with E-state index >= 15 is 0 Å². The van der Waals surface area contributed by atoms with Gasteiger partial charge < -0.3 is 18.9 Å². The zero-order valence-electron chi connectivity index (χ0n) is 73.6. The van der Waals surface area contributed by atoms with Crippen molar-refractivity contribution in [1.29, 1.82) is 0 Å². The fourth-order valence-electron chi connectivity index (χ4n) is 20.7. The van der Waals surface area contributed by atoms with Crippen molar-refractivity contribution in [3.8, 4) is 45.5 Å². The van der Waals surface area contributed by atoms with E-state index in [2.05, 4.69) is 433 Å². The molecule has 594 valence electrons. The summed E-state index contributed by atoms with van der Waals surface area (Å²) < 4.78 is 9.96. The normalized spacial score (nSPS) is 13.6. The van der Waals surface area contributed by atoms with Gasteiger partial charge in [0, 0.05) is 89.5 Å². The third-order valence-corrected chi connectivity index (χ3v) is 26.9. The molecule has 0 saturated heterocycles. The number of benzene rings is 14. The van der Waals surface area contributed by atoms with E-state index in [1.165, 1.54) is 188 Å². The summed E-state index contributed by atoms with van der Waals surface area (Å²) in [5, 5.41) is 5.06. The molecule has 0 bridgehead atoms. The van der Waals surface area contributed by atoms with Crippen LogP contribution in [0.3, 0.4) is 0 Å². The van der Waals surface area contributed by atoms with E-state index in [-0.39, 0.29) is 40.5 Å². The monoisotopic (exact) mass is 1570 g/mol. The zero-order valence-corrected chi connectivity index (χ0v) is 73.6. The molecule has 0 atom stereocenters. The third kappa shape index (κ3) is 11.7. The molecule has 0 N–H and O–H groups in total. The van der Waals surface area contributed by atoms with Gasteiger partial charge in [0.2, 0.25) is 0 Å². The Kier molecular flexibility index (Phi) is 16.7. The molecule has 10 heteroatoms. The van der Waals surface area contributed by atoms with Crippen LogP contribution in [-0.2, 0) is 27.1 Å². The molecule has 8 heterocycles. The first-order chi connectivity index (χ1) is 57.8. The van der Waals surface area contributed by atoms with Gasteiger partial charge >= 0.3 is 0 Å². The van der Waals surface area contributed by atoms with E-state index in [4.69, 9.17) is 9.97 Å². The maximum absolute atomic E-state index is 5.68. The predicted octanol–water partition coefficient (Wildman–Crippen LogP) is 24.8. The molecule has 0 unspecified atom stereocenters. The average Bonchev–Trinajstić information content (AvgIpc) is 1.62. The van der Waals surface area contributed by atoms with Gasteiger partial charge in [-0.25, -0.2) is 9.97 Å². The SMILES string of the molecule is Cc1cc2c3c(c1)-n1c(-c4c(C)cccc4C)nc4cc(C(C)(C)C)cc(c41)B3c1ccc(-n3c4ccccc4c4ccccc43)cc1N2c1ccc(C(C)(C)C)cc1.Cc1cccc(C)c1-c1nc2cc(C(C)(C)C)cc3c2n1-c1cc(C(C)(C)C)cc2c1B3c1ccc(-n3c4ccccc4c4ccccc43)cc1N2c1ccc(C(C)(C)C)cc1. The minimum atomic E-state index is -0.122. The van der Waals surface area contributed by atoms with Crippen LogP contribution in [0.25, 0.3) is 111 Å². The second kappa shape index (κ2) is 26.7. The Morgan fingerprint density at radius 2 is 0.554 bits per heavy atom. The maximum Gasteiger partial charge on any atom is 0.252 e. The molecule has 121 heavy (non-hydrogen) atoms. The van der Waals surface area contributed by atoms with E-state index in [1.807, 2.05) is 0 Å². The van der Waals surface area contributed by atoms with Gasteiger partial charge in [0.1, 0.15) is 11.6 Å². The number of hydrogen-bond acceptors (Lipinski definition) is 4. The number of hydrogen-bond donors (Lipinski definition) is 0. The van der Waals surface area contributed by atoms with Gasteiger partial charge in [-0.05, 0) is 259 Å². The van der Waals surface area contributed by atoms with E-state index in [9.17, 15) is 0 Å². The van der Waals surface area contributed by atoms with Crippen LogP contribution in [-0.4, -0.2) is 41.7 Å². The molecule has 0 spiro atoms. The summed E-state index contributed by atoms with van der Waals surface area (Å²) in [7, 11) is 0. The van der Waals surface area contributed by atoms with E-state index in [0.717, 1.165) is 45.4 Å². The first-order valence-electron chi connectivity index (χ1n) is 43.4. The Bertz CT molecular complexity index is 7280. The summed E-state index contributed by atoms with van der Waals surface area (Å²) in [4.78, 5) is 16.4. The first-order valence-corrected chi connectivity index (χ1v) is 43.4. The van der Waals surface area contributed by atoms with Gasteiger partial charge in [0.25, 0.3) is 13.4 Å². The molecule has 18 aromatic rings. The van der Waals surface area contributed by atoms with Gasteiger partial charge in [-0.3, -0.25) is 9.13 Å². The standard InChI is InChI=1S/C57H55BN4.C54H49BN4/c1-34-17-16-18-35(2)51(34)54-59-45-30-37(56(6,7)8)29-44-53(45)62(54)50-32-38(57(9,10)11)31-49-52(50)58(44)43-28-27-40(33-48(43)60(49)39-25-23-36(24-26-39)55(3,4)5)61-46-21-14-12-19-41(46)42-20-13-15-22-47(42)61;1-32-27-47-50-48(28-32)59-51-42(29-36(54(7,8)9)30-43(51)56-52(59)49-33(2)15-14-16-34(49)3)55(50)41-26-25-38(31-46(41)57(47)37-23-21-35(22-24-37)53(4,5)6)58-44-19-12-10-17-39(44)40-18-11-13-20-45(40)58/h12-33H,1-11H3;10-31H,1-9H3. The van der Waals surface area contributed by atoms with Gasteiger partial charge in [-0.1, -0.05) is 262 Å². The molecule has 22 rings (SSSR count). The van der Waals surface area contributed by atoms with Gasteiger partial charge in [-0.2, -0.15) is 0 Å². The Hall–Kier alpha value is -12.7. The smallest absolute Gasteiger partial charge is 0.252 e. The molecule has 4 aliphatic heterocycles. The molecule has 0 amide bonds. The lowest BCUT2D eigenvalue weighted by Gasteiger charge is -2.42. The van der Waals surface area contributed by atoms with E-state index in [0.29, 0.717) is 0 Å². The predicted molar refractivity (Wildman–Crippen MR) is 518 cm³/mol. The molecular formula is C111H104B2N8. The molecule has 4 aromatic heterocycles. The molecule has 0 fully saturated rings. The van der Waals surface area contributed by atoms with Gasteiger partial charge in [0.05, 0.1) is 44.1 Å². The second-order valence-electron chi connectivity index (χ2n) is 40.2. The van der Waals surface area contributed by atoms with Crippen LogP contribution in [0.5, 0.6) is 0 Å². The van der Waals surface area contributed by atoms with Crippen LogP contribution < -0.4 is 42.6 Å². The highest BCUT2D eigenvalue weighted by Crippen LogP contribution is 2.49. The van der Waals surface area contributed by atoms with Crippen molar-refractivity contribution in [3.63, 3.8) is 0 Å². The van der Waals surface area contributed by atoms with Crippen LogP contribution in [0.4, 0.5) is 34.1 Å². The van der Waals surface area contributed by atoms with Gasteiger partial charge in [-0.15, -0.1) is 0 Å². The summed E-state index contributed by atoms with van der Waals surface area (Å²) in [6, 6.07) is 101. The average molecular weight is 1570 g/mol. The van der Waals surface area contributed by atoms with Crippen molar-refractivity contribution in [2.45, 2.75) is 166 Å². The highest BCUT2D eigenvalue weighted by Gasteiger charge is 2.47. The van der Waals surface area contributed by atoms with Crippen molar-refractivity contribution in [2.75, 3.05) is 9.80 Å². The minimum Gasteiger partial charge on any atom is -0.311 e. The number of nitrogens with zero attached hydrogens (tertiary/aromatic N) is 8. The fourth-order valence-corrected chi connectivity index (χ4v) is 20.7. The fraction of sp³-hybridized carbons (Fsp3) is 0.225. The summed E-state index contributed by atoms with van der Waals surface area (Å²) >= 11 is 0. The number of aromatic nitrogens is 6. The maximum atomic E-state index is 5.68. The molecule has 0 aliphatic carbocycles. The second-order valence-corrected chi connectivity index (χ2v) is 40.2. The molecule has 0 radical (unpaired) electrons. The van der Waals surface area contributed by atoms with Crippen molar-refractivity contribution >= 4 is 146 Å². The third-order valence-electron chi connectivity index (χ3n) is 26.9. The van der Waals surface area contributed by atoms with Gasteiger partial charge in [0.15, 0.2) is 0 Å². The Labute approximate surface area is 713 Å². The van der Waals surface area contributed by atoms with E-state index in [1.54, 1.807) is 0 Å². The van der Waals surface area contributed by atoms with Crippen molar-refractivity contribution in [2.24, 2.45) is 0 Å². The largest absolute Gasteiger partial charge is 0.311 e. The number of anilines is 6. The Morgan fingerprint density at radius 1 is 0.248 bits per heavy atom. The molecule has 8 nitrogen and oxygen atoms in total.